The summed E-state index contributed by atoms with van der Waals surface area (Å²) in [5, 5.41) is 0. The molecule has 0 aliphatic carbocycles. The van der Waals surface area contributed by atoms with Crippen molar-refractivity contribution in [2.45, 2.75) is 13.8 Å². The molecule has 2 aromatic rings. The Kier molecular flexibility index (Phi) is 3.19. The highest BCUT2D eigenvalue weighted by atomic mass is 16.5. The quantitative estimate of drug-likeness (QED) is 0.754. The van der Waals surface area contributed by atoms with Crippen LogP contribution in [-0.4, -0.2) is 10.8 Å². The molecule has 1 aromatic heterocycles. The summed E-state index contributed by atoms with van der Waals surface area (Å²) in [5.74, 6) is 1.14. The van der Waals surface area contributed by atoms with Gasteiger partial charge in [0.2, 0.25) is 5.88 Å². The number of carbonyl (C=O) groups excluding carboxylic acids is 1. The SMILES string of the molecule is CC(=O)c1ccnc(Oc2ccc(C)cc2)c1. The van der Waals surface area contributed by atoms with Crippen LogP contribution in [-0.2, 0) is 0 Å². The molecule has 0 atom stereocenters. The lowest BCUT2D eigenvalue weighted by molar-refractivity contribution is 0.101. The molecule has 0 bridgehead atoms. The molecule has 0 N–H and O–H groups in total. The Morgan fingerprint density at radius 2 is 1.88 bits per heavy atom. The summed E-state index contributed by atoms with van der Waals surface area (Å²) < 4.78 is 5.56. The van der Waals surface area contributed by atoms with Gasteiger partial charge in [-0.15, -0.1) is 0 Å². The average molecular weight is 227 g/mol. The zero-order valence-corrected chi connectivity index (χ0v) is 9.81. The van der Waals surface area contributed by atoms with Crippen molar-refractivity contribution in [2.24, 2.45) is 0 Å². The predicted octanol–water partition coefficient (Wildman–Crippen LogP) is 3.38. The Balaban J connectivity index is 2.21. The Morgan fingerprint density at radius 1 is 1.18 bits per heavy atom. The second-order valence-electron chi connectivity index (χ2n) is 3.85. The first-order chi connectivity index (χ1) is 8.15. The Morgan fingerprint density at radius 3 is 2.53 bits per heavy atom. The van der Waals surface area contributed by atoms with E-state index in [1.807, 2.05) is 31.2 Å². The molecule has 86 valence electrons. The minimum Gasteiger partial charge on any atom is -0.439 e. The van der Waals surface area contributed by atoms with Gasteiger partial charge < -0.3 is 4.74 Å². The van der Waals surface area contributed by atoms with Crippen LogP contribution in [0.25, 0.3) is 0 Å². The van der Waals surface area contributed by atoms with Crippen molar-refractivity contribution in [1.29, 1.82) is 0 Å². The molecule has 17 heavy (non-hydrogen) atoms. The monoisotopic (exact) mass is 227 g/mol. The first kappa shape index (κ1) is 11.3. The number of aromatic nitrogens is 1. The Bertz CT molecular complexity index is 532. The Labute approximate surface area is 100 Å². The summed E-state index contributed by atoms with van der Waals surface area (Å²) in [6.07, 6.45) is 1.57. The van der Waals surface area contributed by atoms with Gasteiger partial charge in [-0.05, 0) is 32.0 Å². The number of nitrogens with zero attached hydrogens (tertiary/aromatic N) is 1. The molecule has 3 nitrogen and oxygen atoms in total. The minimum absolute atomic E-state index is 0.00107. The fourth-order valence-electron chi connectivity index (χ4n) is 1.41. The van der Waals surface area contributed by atoms with Crippen molar-refractivity contribution in [2.75, 3.05) is 0 Å². The summed E-state index contributed by atoms with van der Waals surface area (Å²) in [6.45, 7) is 3.53. The summed E-state index contributed by atoms with van der Waals surface area (Å²) in [5.41, 5.74) is 1.77. The lowest BCUT2D eigenvalue weighted by atomic mass is 10.2. The van der Waals surface area contributed by atoms with E-state index in [1.165, 1.54) is 12.5 Å². The molecule has 1 aromatic carbocycles. The van der Waals surface area contributed by atoms with Gasteiger partial charge in [-0.1, -0.05) is 17.7 Å². The van der Waals surface area contributed by atoms with E-state index in [1.54, 1.807) is 18.3 Å². The van der Waals surface area contributed by atoms with Crippen molar-refractivity contribution in [1.82, 2.24) is 4.98 Å². The average Bonchev–Trinajstić information content (AvgIpc) is 2.32. The van der Waals surface area contributed by atoms with E-state index in [9.17, 15) is 4.79 Å². The second kappa shape index (κ2) is 4.78. The van der Waals surface area contributed by atoms with Gasteiger partial charge in [0.1, 0.15) is 5.75 Å². The van der Waals surface area contributed by atoms with E-state index >= 15 is 0 Å². The highest BCUT2D eigenvalue weighted by Gasteiger charge is 2.03. The molecule has 0 unspecified atom stereocenters. The minimum atomic E-state index is 0.00107. The van der Waals surface area contributed by atoms with Crippen molar-refractivity contribution >= 4 is 5.78 Å². The van der Waals surface area contributed by atoms with Gasteiger partial charge in [-0.2, -0.15) is 0 Å². The van der Waals surface area contributed by atoms with Crippen molar-refractivity contribution in [3.63, 3.8) is 0 Å². The van der Waals surface area contributed by atoms with Crippen molar-refractivity contribution in [3.8, 4) is 11.6 Å². The molecule has 0 spiro atoms. The van der Waals surface area contributed by atoms with Crippen LogP contribution in [0.5, 0.6) is 11.6 Å². The maximum Gasteiger partial charge on any atom is 0.219 e. The van der Waals surface area contributed by atoms with E-state index in [0.717, 1.165) is 0 Å². The van der Waals surface area contributed by atoms with Crippen LogP contribution in [0, 0.1) is 6.92 Å². The first-order valence-electron chi connectivity index (χ1n) is 5.36. The number of hydrogen-bond acceptors (Lipinski definition) is 3. The van der Waals surface area contributed by atoms with Crippen LogP contribution in [0.2, 0.25) is 0 Å². The molecule has 0 amide bonds. The van der Waals surface area contributed by atoms with Crippen LogP contribution in [0.4, 0.5) is 0 Å². The number of pyridine rings is 1. The van der Waals surface area contributed by atoms with Gasteiger partial charge in [0.25, 0.3) is 0 Å². The van der Waals surface area contributed by atoms with Crippen molar-refractivity contribution < 1.29 is 9.53 Å². The third-order valence-corrected chi connectivity index (χ3v) is 2.38. The Hall–Kier alpha value is -2.16. The highest BCUT2D eigenvalue weighted by molar-refractivity contribution is 5.94. The molecule has 0 fully saturated rings. The summed E-state index contributed by atoms with van der Waals surface area (Å²) >= 11 is 0. The number of carbonyl (C=O) groups is 1. The van der Waals surface area contributed by atoms with E-state index in [2.05, 4.69) is 4.98 Å². The van der Waals surface area contributed by atoms with E-state index in [4.69, 9.17) is 4.74 Å². The molecular formula is C14H13NO2. The largest absolute Gasteiger partial charge is 0.439 e. The van der Waals surface area contributed by atoms with Crippen LogP contribution in [0.1, 0.15) is 22.8 Å². The second-order valence-corrected chi connectivity index (χ2v) is 3.85. The summed E-state index contributed by atoms with van der Waals surface area (Å²) in [4.78, 5) is 15.3. The molecule has 0 saturated carbocycles. The van der Waals surface area contributed by atoms with Gasteiger partial charge in [0, 0.05) is 17.8 Å². The standard InChI is InChI=1S/C14H13NO2/c1-10-3-5-13(6-4-10)17-14-9-12(11(2)16)7-8-15-14/h3-9H,1-2H3. The third kappa shape index (κ3) is 2.91. The molecule has 3 heteroatoms. The topological polar surface area (TPSA) is 39.2 Å². The molecular weight excluding hydrogens is 214 g/mol. The van der Waals surface area contributed by atoms with Crippen LogP contribution >= 0.6 is 0 Å². The maximum atomic E-state index is 11.2. The molecule has 0 aliphatic heterocycles. The predicted molar refractivity (Wildman–Crippen MR) is 65.5 cm³/mol. The lowest BCUT2D eigenvalue weighted by Crippen LogP contribution is -1.94. The number of benzene rings is 1. The lowest BCUT2D eigenvalue weighted by Gasteiger charge is -2.05. The number of Topliss-reactive ketones (excluding diaryl/α,β-unsaturated/α-hetero) is 1. The first-order valence-corrected chi connectivity index (χ1v) is 5.36. The zero-order chi connectivity index (χ0) is 12.3. The fourth-order valence-corrected chi connectivity index (χ4v) is 1.41. The van der Waals surface area contributed by atoms with Gasteiger partial charge in [-0.25, -0.2) is 4.98 Å². The summed E-state index contributed by atoms with van der Waals surface area (Å²) in [6, 6.07) is 11.0. The molecule has 0 aliphatic rings. The number of rotatable bonds is 3. The molecule has 0 saturated heterocycles. The normalized spacial score (nSPS) is 10.0. The van der Waals surface area contributed by atoms with Crippen molar-refractivity contribution in [3.05, 3.63) is 53.7 Å². The molecule has 2 rings (SSSR count). The maximum absolute atomic E-state index is 11.2. The van der Waals surface area contributed by atoms with E-state index < -0.39 is 0 Å². The van der Waals surface area contributed by atoms with Gasteiger partial charge in [0.05, 0.1) is 0 Å². The van der Waals surface area contributed by atoms with Crippen LogP contribution in [0.15, 0.2) is 42.6 Å². The van der Waals surface area contributed by atoms with E-state index in [0.29, 0.717) is 17.2 Å². The fraction of sp³-hybridized carbons (Fsp3) is 0.143. The van der Waals surface area contributed by atoms with Gasteiger partial charge >= 0.3 is 0 Å². The third-order valence-electron chi connectivity index (χ3n) is 2.38. The smallest absolute Gasteiger partial charge is 0.219 e. The van der Waals surface area contributed by atoms with E-state index in [-0.39, 0.29) is 5.78 Å². The highest BCUT2D eigenvalue weighted by Crippen LogP contribution is 2.20. The van der Waals surface area contributed by atoms with Crippen LogP contribution in [0.3, 0.4) is 0 Å². The zero-order valence-electron chi connectivity index (χ0n) is 9.81. The number of aryl methyl sites for hydroxylation is 1. The number of hydrogen-bond donors (Lipinski definition) is 0. The van der Waals surface area contributed by atoms with Gasteiger partial charge in [-0.3, -0.25) is 4.79 Å². The molecule has 1 heterocycles. The number of ketones is 1. The summed E-state index contributed by atoms with van der Waals surface area (Å²) in [7, 11) is 0. The van der Waals surface area contributed by atoms with Gasteiger partial charge in [0.15, 0.2) is 5.78 Å². The number of ether oxygens (including phenoxy) is 1. The molecule has 0 radical (unpaired) electrons. The van der Waals surface area contributed by atoms with Crippen LogP contribution < -0.4 is 4.74 Å².